The molecule has 2 aromatic rings. The molecule has 0 spiro atoms. The number of guanidine groups is 1. The first-order chi connectivity index (χ1) is 15.5. The fraction of sp³-hybridized carbons (Fsp3) is 0.417. The Bertz CT molecular complexity index is 936. The number of carbonyl (C=O) groups is 1. The molecule has 2 aromatic carbocycles. The molecule has 1 fully saturated rings. The molecule has 180 valence electrons. The van der Waals surface area contributed by atoms with Crippen molar-refractivity contribution in [3.63, 3.8) is 0 Å². The number of carbonyl (C=O) groups excluding carboxylic acids is 1. The summed E-state index contributed by atoms with van der Waals surface area (Å²) in [5.74, 6) is 1.61. The molecule has 1 amide bonds. The van der Waals surface area contributed by atoms with Crippen LogP contribution in [0.2, 0.25) is 0 Å². The third-order valence-electron chi connectivity index (χ3n) is 5.26. The molecule has 3 N–H and O–H groups in total. The van der Waals surface area contributed by atoms with Crippen LogP contribution in [0.15, 0.2) is 47.5 Å². The van der Waals surface area contributed by atoms with Gasteiger partial charge in [-0.25, -0.2) is 4.39 Å². The topological polar surface area (TPSA) is 84.0 Å². The van der Waals surface area contributed by atoms with E-state index in [1.165, 1.54) is 6.07 Å². The van der Waals surface area contributed by atoms with Crippen LogP contribution in [0, 0.1) is 11.7 Å². The lowest BCUT2D eigenvalue weighted by atomic mass is 10.1. The van der Waals surface area contributed by atoms with Gasteiger partial charge >= 0.3 is 0 Å². The number of nitrogens with zero attached hydrogens (tertiary/aromatic N) is 1. The minimum atomic E-state index is -0.360. The summed E-state index contributed by atoms with van der Waals surface area (Å²) in [6.45, 7) is 3.41. The summed E-state index contributed by atoms with van der Waals surface area (Å²) >= 11 is 0. The van der Waals surface area contributed by atoms with E-state index >= 15 is 0 Å². The number of rotatable bonds is 10. The van der Waals surface area contributed by atoms with E-state index in [1.807, 2.05) is 13.0 Å². The normalized spacial score (nSPS) is 14.0. The number of aliphatic imine (C=N–C) groups is 1. The van der Waals surface area contributed by atoms with Gasteiger partial charge in [0, 0.05) is 25.7 Å². The van der Waals surface area contributed by atoms with Crippen molar-refractivity contribution >= 4 is 35.8 Å². The molecule has 1 aliphatic carbocycles. The predicted octanol–water partition coefficient (Wildman–Crippen LogP) is 3.90. The fourth-order valence-corrected chi connectivity index (χ4v) is 3.08. The summed E-state index contributed by atoms with van der Waals surface area (Å²) in [5, 5.41) is 9.22. The number of benzene rings is 2. The van der Waals surface area contributed by atoms with Crippen LogP contribution in [-0.4, -0.2) is 45.7 Å². The lowest BCUT2D eigenvalue weighted by Gasteiger charge is -2.19. The van der Waals surface area contributed by atoms with Gasteiger partial charge in [0.2, 0.25) is 0 Å². The average molecular weight is 570 g/mol. The van der Waals surface area contributed by atoms with Gasteiger partial charge in [-0.3, -0.25) is 9.79 Å². The van der Waals surface area contributed by atoms with Crippen LogP contribution in [0.4, 0.5) is 4.39 Å². The molecule has 7 nitrogen and oxygen atoms in total. The summed E-state index contributed by atoms with van der Waals surface area (Å²) in [6.07, 6.45) is 2.33. The zero-order valence-electron chi connectivity index (χ0n) is 19.2. The van der Waals surface area contributed by atoms with Crippen LogP contribution in [0.25, 0.3) is 0 Å². The van der Waals surface area contributed by atoms with E-state index in [1.54, 1.807) is 44.5 Å². The molecule has 1 saturated carbocycles. The molecule has 0 heterocycles. The first-order valence-corrected chi connectivity index (χ1v) is 10.8. The zero-order chi connectivity index (χ0) is 22.9. The second kappa shape index (κ2) is 13.2. The van der Waals surface area contributed by atoms with E-state index in [4.69, 9.17) is 9.47 Å². The standard InChI is InChI=1S/C24H31FN4O3.HI/c1-16(19-8-11-22(21(25)14-19)32-15-17-4-5-17)29-24(26-2)28-13-12-27-23(30)18-6-9-20(31-3)10-7-18;/h6-11,14,16-17H,4-5,12-13,15H2,1-3H3,(H,27,30)(H2,26,28,29);1H. The lowest BCUT2D eigenvalue weighted by Crippen LogP contribution is -2.42. The number of amides is 1. The molecule has 0 saturated heterocycles. The SMILES string of the molecule is CN=C(NCCNC(=O)c1ccc(OC)cc1)NC(C)c1ccc(OCC2CC2)c(F)c1.I. The summed E-state index contributed by atoms with van der Waals surface area (Å²) in [6, 6.07) is 11.8. The van der Waals surface area contributed by atoms with Crippen molar-refractivity contribution in [2.24, 2.45) is 10.9 Å². The minimum absolute atomic E-state index is 0. The number of methoxy groups -OCH3 is 1. The van der Waals surface area contributed by atoms with Crippen LogP contribution in [-0.2, 0) is 0 Å². The Labute approximate surface area is 211 Å². The minimum Gasteiger partial charge on any atom is -0.497 e. The van der Waals surface area contributed by atoms with E-state index in [2.05, 4.69) is 20.9 Å². The summed E-state index contributed by atoms with van der Waals surface area (Å²) < 4.78 is 25.0. The Morgan fingerprint density at radius 1 is 1.15 bits per heavy atom. The molecule has 1 unspecified atom stereocenters. The Balaban J connectivity index is 0.00000385. The van der Waals surface area contributed by atoms with Gasteiger partial charge in [0.25, 0.3) is 5.91 Å². The first kappa shape index (κ1) is 26.7. The quantitative estimate of drug-likeness (QED) is 0.175. The summed E-state index contributed by atoms with van der Waals surface area (Å²) in [4.78, 5) is 16.4. The highest BCUT2D eigenvalue weighted by Gasteiger charge is 2.22. The molecule has 1 atom stereocenters. The maximum absolute atomic E-state index is 14.4. The van der Waals surface area contributed by atoms with Crippen LogP contribution >= 0.6 is 24.0 Å². The van der Waals surface area contributed by atoms with Gasteiger partial charge in [-0.1, -0.05) is 6.07 Å². The van der Waals surface area contributed by atoms with Crippen molar-refractivity contribution in [1.82, 2.24) is 16.0 Å². The summed E-state index contributed by atoms with van der Waals surface area (Å²) in [7, 11) is 3.24. The third-order valence-corrected chi connectivity index (χ3v) is 5.26. The first-order valence-electron chi connectivity index (χ1n) is 10.8. The average Bonchev–Trinajstić information content (AvgIpc) is 3.64. The molecule has 1 aliphatic rings. The number of halogens is 2. The highest BCUT2D eigenvalue weighted by Crippen LogP contribution is 2.30. The van der Waals surface area contributed by atoms with Crippen molar-refractivity contribution in [3.8, 4) is 11.5 Å². The molecule has 0 aromatic heterocycles. The smallest absolute Gasteiger partial charge is 0.251 e. The second-order valence-corrected chi connectivity index (χ2v) is 7.79. The van der Waals surface area contributed by atoms with Gasteiger partial charge in [-0.05, 0) is 67.6 Å². The van der Waals surface area contributed by atoms with Crippen molar-refractivity contribution < 1.29 is 18.7 Å². The Morgan fingerprint density at radius 3 is 2.45 bits per heavy atom. The van der Waals surface area contributed by atoms with E-state index in [0.29, 0.717) is 48.6 Å². The Hall–Kier alpha value is -2.56. The molecule has 0 aliphatic heterocycles. The van der Waals surface area contributed by atoms with Gasteiger partial charge in [0.1, 0.15) is 5.75 Å². The van der Waals surface area contributed by atoms with Gasteiger partial charge < -0.3 is 25.4 Å². The third kappa shape index (κ3) is 8.38. The van der Waals surface area contributed by atoms with Crippen molar-refractivity contribution in [2.45, 2.75) is 25.8 Å². The largest absolute Gasteiger partial charge is 0.497 e. The van der Waals surface area contributed by atoms with Gasteiger partial charge in [-0.15, -0.1) is 24.0 Å². The van der Waals surface area contributed by atoms with Gasteiger partial charge in [-0.2, -0.15) is 0 Å². The Kier molecular flexibility index (Phi) is 10.7. The van der Waals surface area contributed by atoms with E-state index in [0.717, 1.165) is 18.4 Å². The van der Waals surface area contributed by atoms with E-state index in [9.17, 15) is 9.18 Å². The fourth-order valence-electron chi connectivity index (χ4n) is 3.08. The molecular weight excluding hydrogens is 538 g/mol. The summed E-state index contributed by atoms with van der Waals surface area (Å²) in [5.41, 5.74) is 1.35. The molecule has 33 heavy (non-hydrogen) atoms. The lowest BCUT2D eigenvalue weighted by molar-refractivity contribution is 0.0954. The second-order valence-electron chi connectivity index (χ2n) is 7.79. The number of ether oxygens (including phenoxy) is 2. The molecule has 9 heteroatoms. The maximum Gasteiger partial charge on any atom is 0.251 e. The van der Waals surface area contributed by atoms with E-state index in [-0.39, 0.29) is 41.7 Å². The van der Waals surface area contributed by atoms with Gasteiger partial charge in [0.15, 0.2) is 17.5 Å². The highest BCUT2D eigenvalue weighted by molar-refractivity contribution is 14.0. The monoisotopic (exact) mass is 570 g/mol. The molecule has 0 bridgehead atoms. The number of nitrogens with one attached hydrogen (secondary N) is 3. The predicted molar refractivity (Wildman–Crippen MR) is 138 cm³/mol. The van der Waals surface area contributed by atoms with Crippen LogP contribution in [0.1, 0.15) is 41.7 Å². The highest BCUT2D eigenvalue weighted by atomic mass is 127. The van der Waals surface area contributed by atoms with Crippen LogP contribution < -0.4 is 25.4 Å². The number of hydrogen-bond acceptors (Lipinski definition) is 4. The molecule has 0 radical (unpaired) electrons. The van der Waals surface area contributed by atoms with Crippen molar-refractivity contribution in [3.05, 3.63) is 59.4 Å². The molecular formula is C24H32FIN4O3. The van der Waals surface area contributed by atoms with Crippen molar-refractivity contribution in [1.29, 1.82) is 0 Å². The van der Waals surface area contributed by atoms with Crippen LogP contribution in [0.5, 0.6) is 11.5 Å². The Morgan fingerprint density at radius 2 is 1.85 bits per heavy atom. The number of hydrogen-bond donors (Lipinski definition) is 3. The molecule has 3 rings (SSSR count). The zero-order valence-corrected chi connectivity index (χ0v) is 21.5. The van der Waals surface area contributed by atoms with Crippen molar-refractivity contribution in [2.75, 3.05) is 33.9 Å². The van der Waals surface area contributed by atoms with Crippen LogP contribution in [0.3, 0.4) is 0 Å². The van der Waals surface area contributed by atoms with E-state index < -0.39 is 0 Å². The van der Waals surface area contributed by atoms with Gasteiger partial charge in [0.05, 0.1) is 19.8 Å². The maximum atomic E-state index is 14.4.